The van der Waals surface area contributed by atoms with Crippen molar-refractivity contribution in [3.63, 3.8) is 0 Å². The Morgan fingerprint density at radius 1 is 1.05 bits per heavy atom. The lowest BCUT2D eigenvalue weighted by Crippen LogP contribution is -2.35. The molecule has 0 atom stereocenters. The predicted octanol–water partition coefficient (Wildman–Crippen LogP) is 3.34. The number of rotatable bonds is 1. The van der Waals surface area contributed by atoms with Gasteiger partial charge in [0, 0.05) is 25.4 Å². The van der Waals surface area contributed by atoms with Crippen LogP contribution in [0.2, 0.25) is 0 Å². The third-order valence-corrected chi connectivity index (χ3v) is 3.72. The van der Waals surface area contributed by atoms with E-state index in [1.807, 2.05) is 12.4 Å². The predicted molar refractivity (Wildman–Crippen MR) is 77.8 cm³/mol. The highest BCUT2D eigenvalue weighted by Crippen LogP contribution is 2.27. The zero-order valence-electron chi connectivity index (χ0n) is 11.5. The molecule has 0 spiro atoms. The molecule has 2 heteroatoms. The number of benzene rings is 1. The molecule has 0 aliphatic heterocycles. The quantitative estimate of drug-likeness (QED) is 0.604. The van der Waals surface area contributed by atoms with Crippen molar-refractivity contribution in [1.29, 1.82) is 0 Å². The van der Waals surface area contributed by atoms with Crippen LogP contribution in [0.25, 0.3) is 22.0 Å². The Balaban J connectivity index is 2.46. The Kier molecular flexibility index (Phi) is 2.79. The summed E-state index contributed by atoms with van der Waals surface area (Å²) in [7, 11) is 2.12. The first-order valence-electron chi connectivity index (χ1n) is 6.48. The summed E-state index contributed by atoms with van der Waals surface area (Å²) in [5, 5.41) is 2.56. The molecule has 0 radical (unpaired) electrons. The monoisotopic (exact) mass is 249 g/mol. The van der Waals surface area contributed by atoms with Gasteiger partial charge in [0.25, 0.3) is 0 Å². The second kappa shape index (κ2) is 4.47. The van der Waals surface area contributed by atoms with E-state index >= 15 is 0 Å². The lowest BCUT2D eigenvalue weighted by atomic mass is 10.0. The number of aryl methyl sites for hydroxylation is 2. The molecule has 3 rings (SSSR count). The van der Waals surface area contributed by atoms with Gasteiger partial charge in [0.15, 0.2) is 5.69 Å². The molecule has 2 aromatic heterocycles. The van der Waals surface area contributed by atoms with E-state index in [0.29, 0.717) is 0 Å². The maximum atomic E-state index is 4.19. The lowest BCUT2D eigenvalue weighted by Gasteiger charge is -2.09. The van der Waals surface area contributed by atoms with Gasteiger partial charge in [0.2, 0.25) is 5.69 Å². The first-order chi connectivity index (χ1) is 9.18. The van der Waals surface area contributed by atoms with Crippen molar-refractivity contribution in [2.75, 3.05) is 0 Å². The Morgan fingerprint density at radius 2 is 1.84 bits per heavy atom. The minimum Gasteiger partial charge on any atom is -0.264 e. The number of fused-ring (bicyclic) bond motifs is 1. The summed E-state index contributed by atoms with van der Waals surface area (Å²) in [4.78, 5) is 4.19. The van der Waals surface area contributed by atoms with Crippen molar-refractivity contribution in [2.45, 2.75) is 13.8 Å². The summed E-state index contributed by atoms with van der Waals surface area (Å²) in [6, 6.07) is 12.9. The van der Waals surface area contributed by atoms with Crippen molar-refractivity contribution < 1.29 is 4.57 Å². The lowest BCUT2D eigenvalue weighted by molar-refractivity contribution is -0.665. The summed E-state index contributed by atoms with van der Waals surface area (Å²) >= 11 is 0. The van der Waals surface area contributed by atoms with Gasteiger partial charge in [-0.15, -0.1) is 0 Å². The van der Waals surface area contributed by atoms with E-state index in [1.165, 1.54) is 33.3 Å². The fraction of sp³-hybridized carbons (Fsp3) is 0.176. The average Bonchev–Trinajstić information content (AvgIpc) is 2.42. The Morgan fingerprint density at radius 3 is 2.63 bits per heavy atom. The second-order valence-corrected chi connectivity index (χ2v) is 4.97. The van der Waals surface area contributed by atoms with E-state index < -0.39 is 0 Å². The zero-order chi connectivity index (χ0) is 13.4. The molecule has 0 amide bonds. The van der Waals surface area contributed by atoms with Crippen LogP contribution in [-0.2, 0) is 7.05 Å². The first kappa shape index (κ1) is 11.8. The number of pyridine rings is 2. The molecule has 0 aliphatic carbocycles. The van der Waals surface area contributed by atoms with Crippen LogP contribution in [-0.4, -0.2) is 4.98 Å². The number of hydrogen-bond acceptors (Lipinski definition) is 1. The fourth-order valence-electron chi connectivity index (χ4n) is 2.58. The van der Waals surface area contributed by atoms with Crippen LogP contribution >= 0.6 is 0 Å². The highest BCUT2D eigenvalue weighted by atomic mass is 14.9. The normalized spacial score (nSPS) is 10.9. The number of hydrogen-bond donors (Lipinski definition) is 0. The van der Waals surface area contributed by atoms with E-state index in [2.05, 4.69) is 66.8 Å². The molecule has 2 nitrogen and oxygen atoms in total. The van der Waals surface area contributed by atoms with Gasteiger partial charge in [0.1, 0.15) is 7.05 Å². The minimum absolute atomic E-state index is 1.20. The minimum atomic E-state index is 1.20. The molecule has 2 heterocycles. The molecular weight excluding hydrogens is 232 g/mol. The highest BCUT2D eigenvalue weighted by Gasteiger charge is 2.18. The Hall–Kier alpha value is -2.22. The molecule has 3 aromatic rings. The van der Waals surface area contributed by atoms with Crippen LogP contribution in [0.3, 0.4) is 0 Å². The molecule has 0 saturated carbocycles. The van der Waals surface area contributed by atoms with Crippen LogP contribution in [0.1, 0.15) is 11.3 Å². The molecule has 19 heavy (non-hydrogen) atoms. The number of nitrogens with zero attached hydrogens (tertiary/aromatic N) is 2. The molecule has 0 saturated heterocycles. The Labute approximate surface area is 113 Å². The van der Waals surface area contributed by atoms with Crippen LogP contribution < -0.4 is 4.57 Å². The number of aromatic nitrogens is 2. The molecule has 0 aliphatic rings. The molecular formula is C17H17N2+. The van der Waals surface area contributed by atoms with E-state index in [0.717, 1.165) is 0 Å². The highest BCUT2D eigenvalue weighted by molar-refractivity contribution is 5.93. The Bertz CT molecular complexity index is 760. The van der Waals surface area contributed by atoms with Crippen LogP contribution in [0.15, 0.2) is 48.8 Å². The maximum absolute atomic E-state index is 4.19. The van der Waals surface area contributed by atoms with Crippen molar-refractivity contribution in [3.05, 3.63) is 60.0 Å². The summed E-state index contributed by atoms with van der Waals surface area (Å²) in [6.45, 7) is 4.26. The first-order valence-corrected chi connectivity index (χ1v) is 6.48. The van der Waals surface area contributed by atoms with Gasteiger partial charge in [0.05, 0.1) is 10.9 Å². The van der Waals surface area contributed by atoms with Gasteiger partial charge >= 0.3 is 0 Å². The molecule has 0 unspecified atom stereocenters. The van der Waals surface area contributed by atoms with Gasteiger partial charge in [-0.2, -0.15) is 4.57 Å². The summed E-state index contributed by atoms with van der Waals surface area (Å²) in [5.74, 6) is 0. The van der Waals surface area contributed by atoms with Crippen LogP contribution in [0.4, 0.5) is 0 Å². The van der Waals surface area contributed by atoms with Gasteiger partial charge in [-0.3, -0.25) is 4.98 Å². The van der Waals surface area contributed by atoms with Crippen LogP contribution in [0, 0.1) is 13.8 Å². The molecule has 0 N–H and O–H groups in total. The van der Waals surface area contributed by atoms with Crippen molar-refractivity contribution >= 4 is 10.8 Å². The summed E-state index contributed by atoms with van der Waals surface area (Å²) in [6.07, 6.45) is 3.78. The van der Waals surface area contributed by atoms with Gasteiger partial charge in [-0.25, -0.2) is 0 Å². The summed E-state index contributed by atoms with van der Waals surface area (Å²) < 4.78 is 2.25. The average molecular weight is 249 g/mol. The molecule has 94 valence electrons. The van der Waals surface area contributed by atoms with E-state index in [4.69, 9.17) is 0 Å². The topological polar surface area (TPSA) is 16.8 Å². The van der Waals surface area contributed by atoms with E-state index in [-0.39, 0.29) is 0 Å². The third-order valence-electron chi connectivity index (χ3n) is 3.72. The molecule has 0 bridgehead atoms. The smallest absolute Gasteiger partial charge is 0.220 e. The second-order valence-electron chi connectivity index (χ2n) is 4.97. The maximum Gasteiger partial charge on any atom is 0.220 e. The van der Waals surface area contributed by atoms with Crippen molar-refractivity contribution in [2.24, 2.45) is 7.05 Å². The van der Waals surface area contributed by atoms with E-state index in [1.54, 1.807) is 0 Å². The van der Waals surface area contributed by atoms with Gasteiger partial charge in [-0.05, 0) is 30.0 Å². The van der Waals surface area contributed by atoms with E-state index in [9.17, 15) is 0 Å². The SMILES string of the molecule is Cc1cnccc1-c1c2ccccc2cc(C)[n+]1C. The zero-order valence-corrected chi connectivity index (χ0v) is 11.5. The van der Waals surface area contributed by atoms with Crippen molar-refractivity contribution in [1.82, 2.24) is 4.98 Å². The van der Waals surface area contributed by atoms with Crippen molar-refractivity contribution in [3.8, 4) is 11.3 Å². The third kappa shape index (κ3) is 1.89. The van der Waals surface area contributed by atoms with Gasteiger partial charge in [-0.1, -0.05) is 18.2 Å². The summed E-state index contributed by atoms with van der Waals surface area (Å²) in [5.41, 5.74) is 4.96. The fourth-order valence-corrected chi connectivity index (χ4v) is 2.58. The largest absolute Gasteiger partial charge is 0.264 e. The van der Waals surface area contributed by atoms with Gasteiger partial charge < -0.3 is 0 Å². The molecule has 0 fully saturated rings. The standard InChI is InChI=1S/C17H17N2/c1-12-11-18-9-8-15(12)17-16-7-5-4-6-14(16)10-13(2)19(17)3/h4-11H,1-3H3/q+1. The molecule has 1 aromatic carbocycles. The van der Waals surface area contributed by atoms with Crippen LogP contribution in [0.5, 0.6) is 0 Å².